The van der Waals surface area contributed by atoms with Gasteiger partial charge in [-0.1, -0.05) is 44.2 Å². The Balaban J connectivity index is 1.81. The molecule has 0 aliphatic rings. The number of urea groups is 1. The Morgan fingerprint density at radius 3 is 2.25 bits per heavy atom. The van der Waals surface area contributed by atoms with Gasteiger partial charge < -0.3 is 25.4 Å². The standard InChI is InChI=1S/C21H27N3O4/c1-15(2)19(24-21(26)23-16-9-5-4-6-10-16)20(25)22-13-14-28-18-12-8-7-11-17(18)27-3/h4-12,15,19H,13-14H2,1-3H3,(H,22,25)(H2,23,24,26). The number of carbonyl (C=O) groups excluding carboxylic acids is 2. The Kier molecular flexibility index (Phi) is 8.14. The van der Waals surface area contributed by atoms with Crippen molar-refractivity contribution >= 4 is 17.6 Å². The van der Waals surface area contributed by atoms with Gasteiger partial charge in [0.2, 0.25) is 5.91 Å². The molecule has 0 fully saturated rings. The summed E-state index contributed by atoms with van der Waals surface area (Å²) in [5, 5.41) is 8.23. The molecule has 1 atom stereocenters. The van der Waals surface area contributed by atoms with Crippen LogP contribution in [0.15, 0.2) is 54.6 Å². The Morgan fingerprint density at radius 2 is 1.61 bits per heavy atom. The topological polar surface area (TPSA) is 88.7 Å². The molecule has 0 aromatic heterocycles. The van der Waals surface area contributed by atoms with Crippen LogP contribution in [-0.2, 0) is 4.79 Å². The van der Waals surface area contributed by atoms with Crippen molar-refractivity contribution in [3.63, 3.8) is 0 Å². The normalized spacial score (nSPS) is 11.4. The molecule has 7 heteroatoms. The number of carbonyl (C=O) groups is 2. The molecule has 1 unspecified atom stereocenters. The van der Waals surface area contributed by atoms with Crippen molar-refractivity contribution in [2.45, 2.75) is 19.9 Å². The lowest BCUT2D eigenvalue weighted by Gasteiger charge is -2.22. The van der Waals surface area contributed by atoms with Gasteiger partial charge in [0, 0.05) is 5.69 Å². The summed E-state index contributed by atoms with van der Waals surface area (Å²) in [5.74, 6) is 0.909. The van der Waals surface area contributed by atoms with E-state index in [-0.39, 0.29) is 18.4 Å². The van der Waals surface area contributed by atoms with E-state index in [0.717, 1.165) is 0 Å². The number of nitrogens with one attached hydrogen (secondary N) is 3. The Bertz CT molecular complexity index is 765. The van der Waals surface area contributed by atoms with E-state index in [1.165, 1.54) is 0 Å². The summed E-state index contributed by atoms with van der Waals surface area (Å²) in [4.78, 5) is 24.6. The summed E-state index contributed by atoms with van der Waals surface area (Å²) in [6.07, 6.45) is 0. The fourth-order valence-corrected chi connectivity index (χ4v) is 2.55. The van der Waals surface area contributed by atoms with Crippen molar-refractivity contribution in [1.82, 2.24) is 10.6 Å². The number of para-hydroxylation sites is 3. The number of rotatable bonds is 9. The highest BCUT2D eigenvalue weighted by Crippen LogP contribution is 2.25. The van der Waals surface area contributed by atoms with Gasteiger partial charge in [-0.15, -0.1) is 0 Å². The summed E-state index contributed by atoms with van der Waals surface area (Å²) < 4.78 is 10.9. The average molecular weight is 385 g/mol. The molecule has 3 amide bonds. The van der Waals surface area contributed by atoms with Crippen molar-refractivity contribution in [3.05, 3.63) is 54.6 Å². The number of anilines is 1. The zero-order chi connectivity index (χ0) is 20.4. The molecule has 0 heterocycles. The number of benzene rings is 2. The first kappa shape index (κ1) is 21.1. The third-order valence-corrected chi connectivity index (χ3v) is 4.00. The molecule has 2 aromatic carbocycles. The minimum atomic E-state index is -0.657. The van der Waals surface area contributed by atoms with Gasteiger partial charge in [0.1, 0.15) is 12.6 Å². The maximum Gasteiger partial charge on any atom is 0.319 e. The summed E-state index contributed by atoms with van der Waals surface area (Å²) in [6, 6.07) is 15.3. The SMILES string of the molecule is COc1ccccc1OCCNC(=O)C(NC(=O)Nc1ccccc1)C(C)C. The quantitative estimate of drug-likeness (QED) is 0.579. The lowest BCUT2D eigenvalue weighted by Crippen LogP contribution is -2.51. The molecule has 0 saturated carbocycles. The molecule has 0 spiro atoms. The first-order chi connectivity index (χ1) is 13.5. The molecule has 2 rings (SSSR count). The zero-order valence-electron chi connectivity index (χ0n) is 16.4. The minimum Gasteiger partial charge on any atom is -0.493 e. The van der Waals surface area contributed by atoms with E-state index in [0.29, 0.717) is 23.7 Å². The summed E-state index contributed by atoms with van der Waals surface area (Å²) in [7, 11) is 1.57. The molecule has 0 aliphatic heterocycles. The Hall–Kier alpha value is -3.22. The fraction of sp³-hybridized carbons (Fsp3) is 0.333. The lowest BCUT2D eigenvalue weighted by atomic mass is 10.0. The summed E-state index contributed by atoms with van der Waals surface area (Å²) >= 11 is 0. The highest BCUT2D eigenvalue weighted by molar-refractivity contribution is 5.93. The van der Waals surface area contributed by atoms with Crippen molar-refractivity contribution in [3.8, 4) is 11.5 Å². The maximum absolute atomic E-state index is 12.5. The van der Waals surface area contributed by atoms with Crippen LogP contribution >= 0.6 is 0 Å². The molecule has 28 heavy (non-hydrogen) atoms. The molecule has 7 nitrogen and oxygen atoms in total. The molecule has 0 bridgehead atoms. The number of hydrogen-bond acceptors (Lipinski definition) is 4. The third kappa shape index (κ3) is 6.50. The smallest absolute Gasteiger partial charge is 0.319 e. The maximum atomic E-state index is 12.5. The summed E-state index contributed by atoms with van der Waals surface area (Å²) in [6.45, 7) is 4.34. The Labute approximate surface area is 165 Å². The van der Waals surface area contributed by atoms with Gasteiger partial charge in [-0.25, -0.2) is 4.79 Å². The van der Waals surface area contributed by atoms with Crippen molar-refractivity contribution in [1.29, 1.82) is 0 Å². The van der Waals surface area contributed by atoms with Crippen LogP contribution in [0.4, 0.5) is 10.5 Å². The van der Waals surface area contributed by atoms with E-state index < -0.39 is 12.1 Å². The van der Waals surface area contributed by atoms with Crippen LogP contribution in [0.25, 0.3) is 0 Å². The average Bonchev–Trinajstić information content (AvgIpc) is 2.70. The van der Waals surface area contributed by atoms with Crippen molar-refractivity contribution in [2.75, 3.05) is 25.6 Å². The monoisotopic (exact) mass is 385 g/mol. The van der Waals surface area contributed by atoms with E-state index in [1.54, 1.807) is 31.4 Å². The van der Waals surface area contributed by atoms with Crippen LogP contribution in [0.3, 0.4) is 0 Å². The number of ether oxygens (including phenoxy) is 2. The highest BCUT2D eigenvalue weighted by atomic mass is 16.5. The molecule has 150 valence electrons. The van der Waals surface area contributed by atoms with Gasteiger partial charge in [0.25, 0.3) is 0 Å². The largest absolute Gasteiger partial charge is 0.493 e. The van der Waals surface area contributed by atoms with Crippen molar-refractivity contribution < 1.29 is 19.1 Å². The number of methoxy groups -OCH3 is 1. The molecule has 3 N–H and O–H groups in total. The molecule has 0 aliphatic carbocycles. The second-order valence-electron chi connectivity index (χ2n) is 6.48. The van der Waals surface area contributed by atoms with Crippen LogP contribution in [-0.4, -0.2) is 38.2 Å². The lowest BCUT2D eigenvalue weighted by molar-refractivity contribution is -0.123. The van der Waals surface area contributed by atoms with Gasteiger partial charge in [-0.05, 0) is 30.2 Å². The molecular weight excluding hydrogens is 358 g/mol. The third-order valence-electron chi connectivity index (χ3n) is 4.00. The fourth-order valence-electron chi connectivity index (χ4n) is 2.55. The molecule has 0 radical (unpaired) electrons. The van der Waals surface area contributed by atoms with E-state index >= 15 is 0 Å². The van der Waals surface area contributed by atoms with Crippen molar-refractivity contribution in [2.24, 2.45) is 5.92 Å². The van der Waals surface area contributed by atoms with Crippen LogP contribution in [0, 0.1) is 5.92 Å². The Morgan fingerprint density at radius 1 is 0.964 bits per heavy atom. The minimum absolute atomic E-state index is 0.0725. The first-order valence-corrected chi connectivity index (χ1v) is 9.17. The number of amides is 3. The van der Waals surface area contributed by atoms with Crippen LogP contribution < -0.4 is 25.4 Å². The molecule has 2 aromatic rings. The second-order valence-corrected chi connectivity index (χ2v) is 6.48. The van der Waals surface area contributed by atoms with Crippen LogP contribution in [0.5, 0.6) is 11.5 Å². The van der Waals surface area contributed by atoms with Crippen LogP contribution in [0.1, 0.15) is 13.8 Å². The molecular formula is C21H27N3O4. The van der Waals surface area contributed by atoms with E-state index in [1.807, 2.05) is 44.2 Å². The van der Waals surface area contributed by atoms with Gasteiger partial charge in [-0.3, -0.25) is 4.79 Å². The van der Waals surface area contributed by atoms with E-state index in [4.69, 9.17) is 9.47 Å². The van der Waals surface area contributed by atoms with Gasteiger partial charge in [0.15, 0.2) is 11.5 Å². The second kappa shape index (κ2) is 10.8. The molecule has 0 saturated heterocycles. The van der Waals surface area contributed by atoms with E-state index in [9.17, 15) is 9.59 Å². The van der Waals surface area contributed by atoms with Gasteiger partial charge in [-0.2, -0.15) is 0 Å². The zero-order valence-corrected chi connectivity index (χ0v) is 16.4. The number of hydrogen-bond donors (Lipinski definition) is 3. The van der Waals surface area contributed by atoms with E-state index in [2.05, 4.69) is 16.0 Å². The van der Waals surface area contributed by atoms with Gasteiger partial charge >= 0.3 is 6.03 Å². The predicted octanol–water partition coefficient (Wildman–Crippen LogP) is 3.04. The van der Waals surface area contributed by atoms with Gasteiger partial charge in [0.05, 0.1) is 13.7 Å². The van der Waals surface area contributed by atoms with Crippen LogP contribution in [0.2, 0.25) is 0 Å². The first-order valence-electron chi connectivity index (χ1n) is 9.17. The predicted molar refractivity (Wildman–Crippen MR) is 109 cm³/mol. The summed E-state index contributed by atoms with van der Waals surface area (Å²) in [5.41, 5.74) is 0.660. The highest BCUT2D eigenvalue weighted by Gasteiger charge is 2.23.